The number of fused-ring (bicyclic) bond motifs is 1. The number of aromatic nitrogens is 1. The van der Waals surface area contributed by atoms with Gasteiger partial charge < -0.3 is 19.9 Å². The number of amides is 1. The van der Waals surface area contributed by atoms with Gasteiger partial charge in [0.1, 0.15) is 5.75 Å². The Labute approximate surface area is 152 Å². The molecular weight excluding hydrogens is 332 g/mol. The quantitative estimate of drug-likeness (QED) is 0.861. The molecule has 0 saturated heterocycles. The lowest BCUT2D eigenvalue weighted by Gasteiger charge is -2.38. The van der Waals surface area contributed by atoms with Crippen molar-refractivity contribution in [1.29, 1.82) is 0 Å². The van der Waals surface area contributed by atoms with Gasteiger partial charge in [-0.05, 0) is 48.1 Å². The number of aliphatic hydroxyl groups is 1. The molecule has 6 nitrogen and oxygen atoms in total. The lowest BCUT2D eigenvalue weighted by atomic mass is 9.75. The van der Waals surface area contributed by atoms with Crippen LogP contribution in [0.1, 0.15) is 40.4 Å². The molecule has 1 aromatic heterocycles. The Balaban J connectivity index is 1.55. The number of rotatable bonds is 5. The summed E-state index contributed by atoms with van der Waals surface area (Å²) in [5.41, 5.74) is 2.61. The highest BCUT2D eigenvalue weighted by Crippen LogP contribution is 2.38. The van der Waals surface area contributed by atoms with Gasteiger partial charge in [0.2, 0.25) is 5.88 Å². The highest BCUT2D eigenvalue weighted by Gasteiger charge is 2.36. The SMILES string of the molecule is COc1ccc([C@@H](NC(=O)c2ccc3c(c2)CCO3)C2CC(O)C2)cn1. The average Bonchev–Trinajstić information content (AvgIpc) is 3.11. The molecule has 2 heterocycles. The van der Waals surface area contributed by atoms with E-state index in [4.69, 9.17) is 9.47 Å². The van der Waals surface area contributed by atoms with E-state index < -0.39 is 0 Å². The maximum atomic E-state index is 12.8. The van der Waals surface area contributed by atoms with Crippen LogP contribution in [-0.4, -0.2) is 35.8 Å². The predicted octanol–water partition coefficient (Wildman–Crippen LogP) is 2.27. The minimum atomic E-state index is -0.289. The van der Waals surface area contributed by atoms with E-state index in [1.165, 1.54) is 0 Å². The molecule has 6 heteroatoms. The number of pyridine rings is 1. The molecular formula is C20H22N2O4. The van der Waals surface area contributed by atoms with E-state index in [0.717, 1.165) is 23.3 Å². The van der Waals surface area contributed by atoms with Crippen molar-refractivity contribution in [1.82, 2.24) is 10.3 Å². The van der Waals surface area contributed by atoms with Crippen molar-refractivity contribution in [3.63, 3.8) is 0 Å². The molecule has 1 aliphatic heterocycles. The number of nitrogens with zero attached hydrogens (tertiary/aromatic N) is 1. The Kier molecular flexibility index (Phi) is 4.51. The van der Waals surface area contributed by atoms with Gasteiger partial charge in [-0.15, -0.1) is 0 Å². The molecule has 4 rings (SSSR count). The van der Waals surface area contributed by atoms with E-state index in [-0.39, 0.29) is 24.0 Å². The van der Waals surface area contributed by atoms with Crippen LogP contribution in [-0.2, 0) is 6.42 Å². The molecule has 136 valence electrons. The lowest BCUT2D eigenvalue weighted by Crippen LogP contribution is -2.41. The van der Waals surface area contributed by atoms with Crippen LogP contribution in [0.5, 0.6) is 11.6 Å². The van der Waals surface area contributed by atoms with E-state index in [2.05, 4.69) is 10.3 Å². The van der Waals surface area contributed by atoms with Gasteiger partial charge in [0.15, 0.2) is 0 Å². The molecule has 0 unspecified atom stereocenters. The Bertz CT molecular complexity index is 800. The minimum absolute atomic E-state index is 0.123. The van der Waals surface area contributed by atoms with Gasteiger partial charge in [0.25, 0.3) is 5.91 Å². The number of aliphatic hydroxyl groups excluding tert-OH is 1. The van der Waals surface area contributed by atoms with Crippen molar-refractivity contribution < 1.29 is 19.4 Å². The molecule has 0 bridgehead atoms. The second-order valence-electron chi connectivity index (χ2n) is 6.89. The number of carbonyl (C=O) groups is 1. The zero-order valence-corrected chi connectivity index (χ0v) is 14.6. The Hall–Kier alpha value is -2.60. The van der Waals surface area contributed by atoms with Gasteiger partial charge in [0.05, 0.1) is 25.9 Å². The fourth-order valence-electron chi connectivity index (χ4n) is 3.62. The van der Waals surface area contributed by atoms with E-state index >= 15 is 0 Å². The number of nitrogens with one attached hydrogen (secondary N) is 1. The molecule has 0 radical (unpaired) electrons. The second kappa shape index (κ2) is 6.96. The molecule has 2 N–H and O–H groups in total. The van der Waals surface area contributed by atoms with E-state index in [1.807, 2.05) is 18.2 Å². The van der Waals surface area contributed by atoms with Gasteiger partial charge >= 0.3 is 0 Å². The Morgan fingerprint density at radius 1 is 1.35 bits per heavy atom. The van der Waals surface area contributed by atoms with Crippen LogP contribution in [0.3, 0.4) is 0 Å². The number of ether oxygens (including phenoxy) is 2. The fraction of sp³-hybridized carbons (Fsp3) is 0.400. The summed E-state index contributed by atoms with van der Waals surface area (Å²) in [6.45, 7) is 0.667. The summed E-state index contributed by atoms with van der Waals surface area (Å²) in [7, 11) is 1.57. The normalized spacial score (nSPS) is 21.9. The first-order valence-corrected chi connectivity index (χ1v) is 8.88. The summed E-state index contributed by atoms with van der Waals surface area (Å²) < 4.78 is 10.6. The van der Waals surface area contributed by atoms with Crippen molar-refractivity contribution in [2.75, 3.05) is 13.7 Å². The van der Waals surface area contributed by atoms with Gasteiger partial charge in [-0.2, -0.15) is 0 Å². The summed E-state index contributed by atoms with van der Waals surface area (Å²) in [4.78, 5) is 17.1. The van der Waals surface area contributed by atoms with Crippen LogP contribution in [0.4, 0.5) is 0 Å². The topological polar surface area (TPSA) is 80.7 Å². The van der Waals surface area contributed by atoms with E-state index in [0.29, 0.717) is 30.9 Å². The zero-order valence-electron chi connectivity index (χ0n) is 14.6. The minimum Gasteiger partial charge on any atom is -0.493 e. The molecule has 1 saturated carbocycles. The Morgan fingerprint density at radius 3 is 2.88 bits per heavy atom. The maximum Gasteiger partial charge on any atom is 0.251 e. The number of methoxy groups -OCH3 is 1. The van der Waals surface area contributed by atoms with Gasteiger partial charge in [-0.1, -0.05) is 6.07 Å². The van der Waals surface area contributed by atoms with Crippen LogP contribution in [0.25, 0.3) is 0 Å². The summed E-state index contributed by atoms with van der Waals surface area (Å²) in [6, 6.07) is 9.06. The fourth-order valence-corrected chi connectivity index (χ4v) is 3.62. The zero-order chi connectivity index (χ0) is 18.1. The van der Waals surface area contributed by atoms with Crippen molar-refractivity contribution in [2.45, 2.75) is 31.4 Å². The molecule has 1 aromatic carbocycles. The first kappa shape index (κ1) is 16.8. The highest BCUT2D eigenvalue weighted by atomic mass is 16.5. The number of hydrogen-bond donors (Lipinski definition) is 2. The third-order valence-electron chi connectivity index (χ3n) is 5.19. The Morgan fingerprint density at radius 2 is 2.19 bits per heavy atom. The standard InChI is InChI=1S/C20H22N2O4/c1-25-18-5-3-14(11-21-18)19(15-9-16(23)10-15)22-20(24)13-2-4-17-12(8-13)6-7-26-17/h2-5,8,11,15-16,19,23H,6-7,9-10H2,1H3,(H,22,24)/t15?,16?,19-/m1/s1. The predicted molar refractivity (Wildman–Crippen MR) is 95.4 cm³/mol. The molecule has 1 fully saturated rings. The van der Waals surface area contributed by atoms with Crippen LogP contribution in [0.2, 0.25) is 0 Å². The molecule has 2 aliphatic rings. The van der Waals surface area contributed by atoms with E-state index in [9.17, 15) is 9.90 Å². The average molecular weight is 354 g/mol. The first-order chi connectivity index (χ1) is 12.6. The molecule has 0 spiro atoms. The molecule has 1 amide bonds. The van der Waals surface area contributed by atoms with Gasteiger partial charge in [-0.25, -0.2) is 4.98 Å². The molecule has 1 atom stereocenters. The lowest BCUT2D eigenvalue weighted by molar-refractivity contribution is 0.0234. The van der Waals surface area contributed by atoms with Crippen molar-refractivity contribution in [2.24, 2.45) is 5.92 Å². The van der Waals surface area contributed by atoms with Gasteiger partial charge in [0, 0.05) is 24.2 Å². The maximum absolute atomic E-state index is 12.8. The first-order valence-electron chi connectivity index (χ1n) is 8.88. The summed E-state index contributed by atoms with van der Waals surface area (Å²) in [6.07, 6.45) is 3.62. The van der Waals surface area contributed by atoms with Crippen molar-refractivity contribution in [3.05, 3.63) is 53.2 Å². The van der Waals surface area contributed by atoms with Crippen molar-refractivity contribution >= 4 is 5.91 Å². The highest BCUT2D eigenvalue weighted by molar-refractivity contribution is 5.95. The van der Waals surface area contributed by atoms with Crippen LogP contribution in [0, 0.1) is 5.92 Å². The van der Waals surface area contributed by atoms with E-state index in [1.54, 1.807) is 25.4 Å². The summed E-state index contributed by atoms with van der Waals surface area (Å²) >= 11 is 0. The van der Waals surface area contributed by atoms with Crippen LogP contribution >= 0.6 is 0 Å². The number of benzene rings is 1. The monoisotopic (exact) mass is 354 g/mol. The summed E-state index contributed by atoms with van der Waals surface area (Å²) in [5, 5.41) is 12.8. The van der Waals surface area contributed by atoms with Crippen LogP contribution < -0.4 is 14.8 Å². The second-order valence-corrected chi connectivity index (χ2v) is 6.89. The number of carbonyl (C=O) groups excluding carboxylic acids is 1. The summed E-state index contributed by atoms with van der Waals surface area (Å²) in [5.74, 6) is 1.47. The molecule has 26 heavy (non-hydrogen) atoms. The largest absolute Gasteiger partial charge is 0.493 e. The van der Waals surface area contributed by atoms with Crippen LogP contribution in [0.15, 0.2) is 36.5 Å². The molecule has 2 aromatic rings. The number of hydrogen-bond acceptors (Lipinski definition) is 5. The van der Waals surface area contributed by atoms with Gasteiger partial charge in [-0.3, -0.25) is 4.79 Å². The third kappa shape index (κ3) is 3.24. The van der Waals surface area contributed by atoms with Crippen molar-refractivity contribution in [3.8, 4) is 11.6 Å². The smallest absolute Gasteiger partial charge is 0.251 e. The molecule has 1 aliphatic carbocycles. The third-order valence-corrected chi connectivity index (χ3v) is 5.19.